The van der Waals surface area contributed by atoms with E-state index in [4.69, 9.17) is 21.7 Å². The van der Waals surface area contributed by atoms with E-state index < -0.39 is 36.0 Å². The van der Waals surface area contributed by atoms with Crippen molar-refractivity contribution in [3.8, 4) is 0 Å². The molecule has 0 rings (SSSR count). The summed E-state index contributed by atoms with van der Waals surface area (Å²) in [5, 5.41) is 35.9. The van der Waals surface area contributed by atoms with Crippen molar-refractivity contribution in [1.29, 1.82) is 0 Å². The summed E-state index contributed by atoms with van der Waals surface area (Å²) in [5.41, 5.74) is 9.91. The van der Waals surface area contributed by atoms with Crippen LogP contribution in [0.5, 0.6) is 0 Å². The van der Waals surface area contributed by atoms with Crippen LogP contribution in [0.4, 0.5) is 0 Å². The van der Waals surface area contributed by atoms with E-state index in [1.165, 1.54) is 0 Å². The zero-order valence-electron chi connectivity index (χ0n) is 12.5. The van der Waals surface area contributed by atoms with Crippen LogP contribution in [0.25, 0.3) is 0 Å². The van der Waals surface area contributed by atoms with Crippen molar-refractivity contribution in [3.63, 3.8) is 0 Å². The molecule has 6 N–H and O–H groups in total. The van der Waals surface area contributed by atoms with Crippen LogP contribution in [0.1, 0.15) is 25.7 Å². The van der Waals surface area contributed by atoms with Gasteiger partial charge >= 0.3 is 92.9 Å². The standard InChI is InChI=1S/2C5H9NO4.K.Na/c2*6-3(5(9)10)1-2-4(7)8;;/h2*3H,1-2,6H2,(H,7,8)(H,9,10);;/q;;2*+1/p-2/t2*3-;;/m00../s1. The van der Waals surface area contributed by atoms with Crippen molar-refractivity contribution in [2.45, 2.75) is 37.8 Å². The first kappa shape index (κ1) is 30.3. The zero-order valence-corrected chi connectivity index (χ0v) is 17.6. The van der Waals surface area contributed by atoms with Gasteiger partial charge in [0.1, 0.15) is 6.04 Å². The molecule has 0 spiro atoms. The van der Waals surface area contributed by atoms with Crippen LogP contribution in [0.2, 0.25) is 0 Å². The molecule has 116 valence electrons. The second-order valence-electron chi connectivity index (χ2n) is 3.71. The molecule has 0 fully saturated rings. The molecule has 0 aromatic heterocycles. The Morgan fingerprint density at radius 2 is 1.32 bits per heavy atom. The molecule has 0 saturated heterocycles. The molecule has 10 nitrogen and oxygen atoms in total. The fourth-order valence-corrected chi connectivity index (χ4v) is 0.794. The van der Waals surface area contributed by atoms with Crippen molar-refractivity contribution in [3.05, 3.63) is 0 Å². The summed E-state index contributed by atoms with van der Waals surface area (Å²) in [5.74, 6) is -4.95. The molecule has 2 atom stereocenters. The van der Waals surface area contributed by atoms with Crippen LogP contribution in [0, 0.1) is 0 Å². The van der Waals surface area contributed by atoms with E-state index >= 15 is 0 Å². The number of hydrogen-bond acceptors (Lipinski definition) is 8. The van der Waals surface area contributed by atoms with Gasteiger partial charge in [-0.05, 0) is 19.3 Å². The number of carboxylic acid groups (broad SMARTS) is 4. The summed E-state index contributed by atoms with van der Waals surface area (Å²) < 4.78 is 0. The first-order chi connectivity index (χ1) is 9.07. The molecular weight excluding hydrogens is 338 g/mol. The SMILES string of the molecule is N[C@@H](CCC(=O)O)C(=O)O.N[C@@H](CCC(=O)[O-])C(=O)[O-].[K+].[Na+]. The van der Waals surface area contributed by atoms with Gasteiger partial charge in [0, 0.05) is 18.4 Å². The molecule has 0 aliphatic heterocycles. The number of carbonyl (C=O) groups is 4. The minimum Gasteiger partial charge on any atom is -0.550 e. The molecule has 0 radical (unpaired) electrons. The molecule has 0 aromatic rings. The molecule has 0 aliphatic rings. The Hall–Kier alpha value is 0.436. The summed E-state index contributed by atoms with van der Waals surface area (Å²) in [6.45, 7) is 0. The Morgan fingerprint density at radius 3 is 1.59 bits per heavy atom. The van der Waals surface area contributed by atoms with Crippen molar-refractivity contribution >= 4 is 23.9 Å². The predicted octanol–water partition coefficient (Wildman–Crippen LogP) is -10.1. The second kappa shape index (κ2) is 17.8. The smallest absolute Gasteiger partial charge is 0.550 e. The summed E-state index contributed by atoms with van der Waals surface area (Å²) in [7, 11) is 0. The van der Waals surface area contributed by atoms with Gasteiger partial charge in [-0.15, -0.1) is 0 Å². The van der Waals surface area contributed by atoms with Gasteiger partial charge in [-0.3, -0.25) is 9.59 Å². The van der Waals surface area contributed by atoms with Gasteiger partial charge in [0.25, 0.3) is 0 Å². The average molecular weight is 354 g/mol. The monoisotopic (exact) mass is 354 g/mol. The molecule has 12 heteroatoms. The van der Waals surface area contributed by atoms with E-state index in [1.54, 1.807) is 0 Å². The number of carboxylic acids is 4. The average Bonchev–Trinajstić information content (AvgIpc) is 2.33. The fraction of sp³-hybridized carbons (Fsp3) is 0.600. The third-order valence-electron chi connectivity index (χ3n) is 1.95. The molecule has 0 bridgehead atoms. The number of carbonyl (C=O) groups excluding carboxylic acids is 2. The topological polar surface area (TPSA) is 207 Å². The van der Waals surface area contributed by atoms with Crippen LogP contribution in [0.3, 0.4) is 0 Å². The van der Waals surface area contributed by atoms with E-state index in [0.29, 0.717) is 0 Å². The van der Waals surface area contributed by atoms with Crippen LogP contribution < -0.4 is 103 Å². The Labute approximate surface area is 191 Å². The van der Waals surface area contributed by atoms with Crippen LogP contribution >= 0.6 is 0 Å². The maximum atomic E-state index is 9.99. The molecule has 0 saturated carbocycles. The largest absolute Gasteiger partial charge is 1.00 e. The van der Waals surface area contributed by atoms with Gasteiger partial charge < -0.3 is 41.5 Å². The molecule has 0 unspecified atom stereocenters. The quantitative estimate of drug-likeness (QED) is 0.302. The minimum atomic E-state index is -1.44. The third kappa shape index (κ3) is 22.7. The normalized spacial score (nSPS) is 11.4. The summed E-state index contributed by atoms with van der Waals surface area (Å²) in [6, 6.07) is -2.27. The van der Waals surface area contributed by atoms with Gasteiger partial charge in [0.15, 0.2) is 0 Å². The molecule has 0 heterocycles. The maximum absolute atomic E-state index is 9.99. The first-order valence-corrected chi connectivity index (χ1v) is 5.44. The van der Waals surface area contributed by atoms with Crippen molar-refractivity contribution in [1.82, 2.24) is 0 Å². The molecule has 0 aromatic carbocycles. The second-order valence-corrected chi connectivity index (χ2v) is 3.71. The van der Waals surface area contributed by atoms with Gasteiger partial charge in [0.2, 0.25) is 0 Å². The van der Waals surface area contributed by atoms with Gasteiger partial charge in [-0.25, -0.2) is 0 Å². The number of nitrogens with two attached hydrogens (primary N) is 2. The predicted molar refractivity (Wildman–Crippen MR) is 59.7 cm³/mol. The van der Waals surface area contributed by atoms with Gasteiger partial charge in [-0.2, -0.15) is 0 Å². The van der Waals surface area contributed by atoms with E-state index in [2.05, 4.69) is 0 Å². The van der Waals surface area contributed by atoms with Gasteiger partial charge in [-0.1, -0.05) is 0 Å². The Kier molecular flexibility index (Phi) is 24.5. The zero-order chi connectivity index (χ0) is 16.3. The minimum absolute atomic E-state index is 0. The van der Waals surface area contributed by atoms with E-state index in [0.717, 1.165) is 0 Å². The van der Waals surface area contributed by atoms with Crippen molar-refractivity contribution in [2.24, 2.45) is 11.5 Å². The summed E-state index contributed by atoms with van der Waals surface area (Å²) in [6.07, 6.45) is -0.724. The Balaban J connectivity index is -0.000000135. The molecule has 0 amide bonds. The van der Waals surface area contributed by atoms with E-state index in [-0.39, 0.29) is 107 Å². The number of rotatable bonds is 8. The fourth-order valence-electron chi connectivity index (χ4n) is 0.794. The molecule has 22 heavy (non-hydrogen) atoms. The van der Waals surface area contributed by atoms with Crippen molar-refractivity contribution in [2.75, 3.05) is 0 Å². The van der Waals surface area contributed by atoms with Gasteiger partial charge in [0.05, 0.1) is 5.97 Å². The van der Waals surface area contributed by atoms with Crippen LogP contribution in [-0.4, -0.2) is 46.2 Å². The molecular formula is C10H16KN2NaO8. The first-order valence-electron chi connectivity index (χ1n) is 5.44. The molecule has 0 aliphatic carbocycles. The Bertz CT molecular complexity index is 335. The maximum Gasteiger partial charge on any atom is 1.00 e. The number of aliphatic carboxylic acids is 4. The van der Waals surface area contributed by atoms with E-state index in [9.17, 15) is 29.4 Å². The van der Waals surface area contributed by atoms with Crippen LogP contribution in [0.15, 0.2) is 0 Å². The summed E-state index contributed by atoms with van der Waals surface area (Å²) in [4.78, 5) is 39.5. The number of hydrogen-bond donors (Lipinski definition) is 4. The van der Waals surface area contributed by atoms with E-state index in [1.807, 2.05) is 0 Å². The Morgan fingerprint density at radius 1 is 0.909 bits per heavy atom. The van der Waals surface area contributed by atoms with Crippen LogP contribution in [-0.2, 0) is 19.2 Å². The summed E-state index contributed by atoms with van der Waals surface area (Å²) >= 11 is 0. The van der Waals surface area contributed by atoms with Crippen molar-refractivity contribution < 1.29 is 121 Å². The third-order valence-corrected chi connectivity index (χ3v) is 1.95.